The molecule has 1 saturated heterocycles. The first-order valence-electron chi connectivity index (χ1n) is 9.25. The van der Waals surface area contributed by atoms with Crippen molar-refractivity contribution < 1.29 is 14.0 Å². The molecule has 158 valence electrons. The fourth-order valence-electron chi connectivity index (χ4n) is 3.06. The van der Waals surface area contributed by atoms with E-state index in [0.29, 0.717) is 49.1 Å². The van der Waals surface area contributed by atoms with Gasteiger partial charge in [-0.2, -0.15) is 0 Å². The van der Waals surface area contributed by atoms with Gasteiger partial charge in [0.15, 0.2) is 11.7 Å². The van der Waals surface area contributed by atoms with E-state index in [2.05, 4.69) is 21.5 Å². The summed E-state index contributed by atoms with van der Waals surface area (Å²) in [5.74, 6) is 3.17. The zero-order chi connectivity index (χ0) is 20.6. The average molecular weight is 521 g/mol. The summed E-state index contributed by atoms with van der Waals surface area (Å²) in [5, 5.41) is 5.86. The molecule has 0 unspecified atom stereocenters. The number of piperazine rings is 1. The SMILES string of the molecule is C#Cc1cccc(NC(=O)CNC(=NC)N2CCN(C(=O)c3ccco3)CC2)c1.I. The Bertz CT molecular complexity index is 928. The van der Waals surface area contributed by atoms with Gasteiger partial charge in [-0.05, 0) is 30.3 Å². The highest BCUT2D eigenvalue weighted by atomic mass is 127. The second-order valence-electron chi connectivity index (χ2n) is 6.43. The third-order valence-corrected chi connectivity index (χ3v) is 4.53. The molecule has 1 fully saturated rings. The Morgan fingerprint density at radius 1 is 1.17 bits per heavy atom. The molecule has 1 aliphatic rings. The number of aliphatic imine (C=N–C) groups is 1. The monoisotopic (exact) mass is 521 g/mol. The maximum atomic E-state index is 12.3. The molecule has 0 radical (unpaired) electrons. The molecular formula is C21H24IN5O3. The maximum absolute atomic E-state index is 12.3. The zero-order valence-corrected chi connectivity index (χ0v) is 19.0. The number of carbonyl (C=O) groups is 2. The molecule has 30 heavy (non-hydrogen) atoms. The van der Waals surface area contributed by atoms with Gasteiger partial charge >= 0.3 is 0 Å². The number of guanidine groups is 1. The first-order chi connectivity index (χ1) is 14.1. The third kappa shape index (κ3) is 6.00. The van der Waals surface area contributed by atoms with Crippen LogP contribution >= 0.6 is 24.0 Å². The molecule has 2 heterocycles. The van der Waals surface area contributed by atoms with E-state index in [-0.39, 0.29) is 42.3 Å². The lowest BCUT2D eigenvalue weighted by Gasteiger charge is -2.36. The summed E-state index contributed by atoms with van der Waals surface area (Å²) in [6.45, 7) is 2.38. The molecule has 2 amide bonds. The molecule has 0 saturated carbocycles. The summed E-state index contributed by atoms with van der Waals surface area (Å²) in [7, 11) is 1.66. The largest absolute Gasteiger partial charge is 0.459 e. The minimum atomic E-state index is -0.202. The predicted octanol–water partition coefficient (Wildman–Crippen LogP) is 1.85. The van der Waals surface area contributed by atoms with Crippen molar-refractivity contribution in [2.45, 2.75) is 0 Å². The van der Waals surface area contributed by atoms with Crippen LogP contribution in [-0.2, 0) is 4.79 Å². The number of hydrogen-bond acceptors (Lipinski definition) is 4. The number of nitrogens with zero attached hydrogens (tertiary/aromatic N) is 3. The number of carbonyl (C=O) groups excluding carboxylic acids is 2. The van der Waals surface area contributed by atoms with E-state index >= 15 is 0 Å². The molecule has 0 aliphatic carbocycles. The molecular weight excluding hydrogens is 497 g/mol. The van der Waals surface area contributed by atoms with E-state index in [4.69, 9.17) is 10.8 Å². The van der Waals surface area contributed by atoms with Gasteiger partial charge in [0.2, 0.25) is 5.91 Å². The highest BCUT2D eigenvalue weighted by Gasteiger charge is 2.25. The molecule has 0 spiro atoms. The van der Waals surface area contributed by atoms with Gasteiger partial charge in [0.05, 0.1) is 12.8 Å². The molecule has 1 aromatic heterocycles. The number of rotatable bonds is 4. The van der Waals surface area contributed by atoms with Gasteiger partial charge in [-0.3, -0.25) is 14.6 Å². The number of anilines is 1. The van der Waals surface area contributed by atoms with Gasteiger partial charge in [-0.1, -0.05) is 12.0 Å². The van der Waals surface area contributed by atoms with Crippen LogP contribution < -0.4 is 10.6 Å². The standard InChI is InChI=1S/C21H23N5O3.HI/c1-3-16-6-4-7-17(14-16)24-19(27)15-23-21(22-2)26-11-9-25(10-12-26)20(28)18-8-5-13-29-18;/h1,4-8,13-14H,9-12,15H2,2H3,(H,22,23)(H,24,27);1H. The van der Waals surface area contributed by atoms with E-state index in [1.165, 1.54) is 6.26 Å². The highest BCUT2D eigenvalue weighted by molar-refractivity contribution is 14.0. The van der Waals surface area contributed by atoms with Crippen molar-refractivity contribution in [1.82, 2.24) is 15.1 Å². The Balaban J connectivity index is 0.00000320. The van der Waals surface area contributed by atoms with E-state index in [1.807, 2.05) is 4.90 Å². The lowest BCUT2D eigenvalue weighted by atomic mass is 10.2. The number of halogens is 1. The van der Waals surface area contributed by atoms with Gasteiger partial charge < -0.3 is 24.9 Å². The van der Waals surface area contributed by atoms with Crippen molar-refractivity contribution in [2.75, 3.05) is 45.1 Å². The normalized spacial score (nSPS) is 13.8. The van der Waals surface area contributed by atoms with Crippen LogP contribution in [0.4, 0.5) is 5.69 Å². The Morgan fingerprint density at radius 3 is 2.53 bits per heavy atom. The van der Waals surface area contributed by atoms with Crippen molar-refractivity contribution in [3.63, 3.8) is 0 Å². The summed E-state index contributed by atoms with van der Waals surface area (Å²) < 4.78 is 5.18. The van der Waals surface area contributed by atoms with Crippen LogP contribution in [0.2, 0.25) is 0 Å². The third-order valence-electron chi connectivity index (χ3n) is 4.53. The van der Waals surface area contributed by atoms with Crippen LogP contribution in [0.3, 0.4) is 0 Å². The van der Waals surface area contributed by atoms with Gasteiger partial charge in [0.1, 0.15) is 0 Å². The van der Waals surface area contributed by atoms with Crippen molar-refractivity contribution in [3.05, 3.63) is 54.0 Å². The molecule has 1 aromatic carbocycles. The summed E-state index contributed by atoms with van der Waals surface area (Å²) in [5.41, 5.74) is 1.35. The van der Waals surface area contributed by atoms with Crippen molar-refractivity contribution in [3.8, 4) is 12.3 Å². The number of hydrogen-bond donors (Lipinski definition) is 2. The van der Waals surface area contributed by atoms with Crippen molar-refractivity contribution >= 4 is 47.4 Å². The van der Waals surface area contributed by atoms with Crippen molar-refractivity contribution in [2.24, 2.45) is 4.99 Å². The fraction of sp³-hybridized carbons (Fsp3) is 0.286. The number of terminal acetylenes is 1. The maximum Gasteiger partial charge on any atom is 0.289 e. The van der Waals surface area contributed by atoms with Gasteiger partial charge in [0.25, 0.3) is 5.91 Å². The molecule has 2 N–H and O–H groups in total. The molecule has 1 aliphatic heterocycles. The molecule has 0 bridgehead atoms. The summed E-state index contributed by atoms with van der Waals surface area (Å²) >= 11 is 0. The Morgan fingerprint density at radius 2 is 1.90 bits per heavy atom. The fourth-order valence-corrected chi connectivity index (χ4v) is 3.06. The highest BCUT2D eigenvalue weighted by Crippen LogP contribution is 2.10. The smallest absolute Gasteiger partial charge is 0.289 e. The topological polar surface area (TPSA) is 90.2 Å². The molecule has 0 atom stereocenters. The van der Waals surface area contributed by atoms with E-state index in [1.54, 1.807) is 48.3 Å². The summed E-state index contributed by atoms with van der Waals surface area (Å²) in [4.78, 5) is 32.6. The Labute approximate surface area is 192 Å². The van der Waals surface area contributed by atoms with Gasteiger partial charge in [-0.15, -0.1) is 30.4 Å². The molecule has 9 heteroatoms. The van der Waals surface area contributed by atoms with Crippen LogP contribution in [0.25, 0.3) is 0 Å². The number of furan rings is 1. The van der Waals surface area contributed by atoms with Crippen LogP contribution in [0.5, 0.6) is 0 Å². The Hall–Kier alpha value is -3.00. The lowest BCUT2D eigenvalue weighted by Crippen LogP contribution is -2.54. The second kappa shape index (κ2) is 11.3. The predicted molar refractivity (Wildman–Crippen MR) is 126 cm³/mol. The second-order valence-corrected chi connectivity index (χ2v) is 6.43. The van der Waals surface area contributed by atoms with E-state index in [9.17, 15) is 9.59 Å². The minimum absolute atomic E-state index is 0. The number of benzene rings is 1. The van der Waals surface area contributed by atoms with Crippen molar-refractivity contribution in [1.29, 1.82) is 0 Å². The summed E-state index contributed by atoms with van der Waals surface area (Å²) in [6, 6.07) is 10.5. The van der Waals surface area contributed by atoms with Gasteiger partial charge in [0, 0.05) is 44.5 Å². The lowest BCUT2D eigenvalue weighted by molar-refractivity contribution is -0.115. The number of nitrogens with one attached hydrogen (secondary N) is 2. The first-order valence-corrected chi connectivity index (χ1v) is 9.25. The average Bonchev–Trinajstić information content (AvgIpc) is 3.29. The molecule has 3 rings (SSSR count). The van der Waals surface area contributed by atoms with Crippen LogP contribution in [0, 0.1) is 12.3 Å². The summed E-state index contributed by atoms with van der Waals surface area (Å²) in [6.07, 6.45) is 6.87. The minimum Gasteiger partial charge on any atom is -0.459 e. The molecule has 2 aromatic rings. The van der Waals surface area contributed by atoms with Crippen LogP contribution in [0.1, 0.15) is 16.1 Å². The van der Waals surface area contributed by atoms with E-state index in [0.717, 1.165) is 0 Å². The quantitative estimate of drug-likeness (QED) is 0.278. The van der Waals surface area contributed by atoms with Crippen LogP contribution in [-0.4, -0.2) is 67.3 Å². The zero-order valence-electron chi connectivity index (χ0n) is 16.6. The van der Waals surface area contributed by atoms with Gasteiger partial charge in [-0.25, -0.2) is 0 Å². The Kier molecular flexibility index (Phi) is 8.73. The van der Waals surface area contributed by atoms with E-state index < -0.39 is 0 Å². The van der Waals surface area contributed by atoms with Crippen LogP contribution in [0.15, 0.2) is 52.1 Å². The first kappa shape index (κ1) is 23.3. The number of amides is 2. The molecule has 8 nitrogen and oxygen atoms in total.